The van der Waals surface area contributed by atoms with Crippen LogP contribution in [0.3, 0.4) is 0 Å². The van der Waals surface area contributed by atoms with Crippen LogP contribution in [0.2, 0.25) is 0 Å². The minimum absolute atomic E-state index is 0.0564. The molecule has 0 aliphatic heterocycles. The molecule has 1 N–H and O–H groups in total. The van der Waals surface area contributed by atoms with Gasteiger partial charge in [-0.05, 0) is 30.0 Å². The van der Waals surface area contributed by atoms with Crippen molar-refractivity contribution in [3.8, 4) is 5.75 Å². The number of benzene rings is 1. The lowest BCUT2D eigenvalue weighted by atomic mass is 10.0. The molecule has 0 aliphatic rings. The van der Waals surface area contributed by atoms with Crippen molar-refractivity contribution in [3.63, 3.8) is 0 Å². The zero-order valence-corrected chi connectivity index (χ0v) is 8.79. The van der Waals surface area contributed by atoms with Crippen LogP contribution < -0.4 is 4.74 Å². The van der Waals surface area contributed by atoms with Gasteiger partial charge in [-0.1, -0.05) is 19.1 Å². The first-order valence-electron chi connectivity index (χ1n) is 4.86. The molecule has 0 fully saturated rings. The largest absolute Gasteiger partial charge is 0.573 e. The van der Waals surface area contributed by atoms with Gasteiger partial charge in [0.1, 0.15) is 5.75 Å². The topological polar surface area (TPSA) is 29.5 Å². The number of hydrogen-bond donors (Lipinski definition) is 1. The normalized spacial score (nSPS) is 13.6. The SMILES string of the molecule is CC(CO)Cc1ccc(OC(F)(F)F)cc1. The van der Waals surface area contributed by atoms with Crippen LogP contribution in [0.4, 0.5) is 13.2 Å². The summed E-state index contributed by atoms with van der Waals surface area (Å²) < 4.78 is 39.3. The first kappa shape index (κ1) is 12.8. The fourth-order valence-corrected chi connectivity index (χ4v) is 1.29. The van der Waals surface area contributed by atoms with Crippen molar-refractivity contribution in [3.05, 3.63) is 29.8 Å². The Morgan fingerprint density at radius 3 is 2.25 bits per heavy atom. The Hall–Kier alpha value is -1.23. The van der Waals surface area contributed by atoms with E-state index in [1.54, 1.807) is 12.1 Å². The monoisotopic (exact) mass is 234 g/mol. The van der Waals surface area contributed by atoms with Gasteiger partial charge in [0, 0.05) is 6.61 Å². The number of ether oxygens (including phenoxy) is 1. The summed E-state index contributed by atoms with van der Waals surface area (Å²) in [5, 5.41) is 8.83. The van der Waals surface area contributed by atoms with Gasteiger partial charge in [-0.25, -0.2) is 0 Å². The fourth-order valence-electron chi connectivity index (χ4n) is 1.29. The van der Waals surface area contributed by atoms with Crippen molar-refractivity contribution in [2.45, 2.75) is 19.7 Å². The van der Waals surface area contributed by atoms with Gasteiger partial charge in [0.05, 0.1) is 0 Å². The molecule has 1 aromatic carbocycles. The van der Waals surface area contributed by atoms with Crippen LogP contribution in [0.1, 0.15) is 12.5 Å². The van der Waals surface area contributed by atoms with E-state index < -0.39 is 6.36 Å². The Balaban J connectivity index is 2.61. The van der Waals surface area contributed by atoms with E-state index in [1.165, 1.54) is 12.1 Å². The molecule has 0 spiro atoms. The summed E-state index contributed by atoms with van der Waals surface area (Å²) >= 11 is 0. The van der Waals surface area contributed by atoms with Gasteiger partial charge in [-0.15, -0.1) is 13.2 Å². The summed E-state index contributed by atoms with van der Waals surface area (Å²) in [4.78, 5) is 0. The molecule has 2 nitrogen and oxygen atoms in total. The molecule has 0 amide bonds. The molecule has 16 heavy (non-hydrogen) atoms. The van der Waals surface area contributed by atoms with Crippen LogP contribution >= 0.6 is 0 Å². The highest BCUT2D eigenvalue weighted by atomic mass is 19.4. The van der Waals surface area contributed by atoms with E-state index in [4.69, 9.17) is 5.11 Å². The smallest absolute Gasteiger partial charge is 0.406 e. The van der Waals surface area contributed by atoms with Gasteiger partial charge in [-0.3, -0.25) is 0 Å². The molecule has 1 aromatic rings. The van der Waals surface area contributed by atoms with Crippen LogP contribution in [0.15, 0.2) is 24.3 Å². The second-order valence-electron chi connectivity index (χ2n) is 3.68. The van der Waals surface area contributed by atoms with E-state index in [0.717, 1.165) is 5.56 Å². The first-order chi connectivity index (χ1) is 7.40. The van der Waals surface area contributed by atoms with Crippen molar-refractivity contribution in [2.24, 2.45) is 5.92 Å². The summed E-state index contributed by atoms with van der Waals surface area (Å²) in [5.41, 5.74) is 0.871. The van der Waals surface area contributed by atoms with Crippen molar-refractivity contribution in [1.29, 1.82) is 0 Å². The van der Waals surface area contributed by atoms with Crippen LogP contribution in [0, 0.1) is 5.92 Å². The quantitative estimate of drug-likeness (QED) is 0.868. The molecule has 90 valence electrons. The highest BCUT2D eigenvalue weighted by molar-refractivity contribution is 5.27. The van der Waals surface area contributed by atoms with E-state index in [0.29, 0.717) is 6.42 Å². The van der Waals surface area contributed by atoms with Gasteiger partial charge < -0.3 is 9.84 Å². The lowest BCUT2D eigenvalue weighted by Crippen LogP contribution is -2.17. The molecule has 1 unspecified atom stereocenters. The number of rotatable bonds is 4. The van der Waals surface area contributed by atoms with Gasteiger partial charge in [-0.2, -0.15) is 0 Å². The molecule has 1 rings (SSSR count). The third kappa shape index (κ3) is 4.53. The molecular weight excluding hydrogens is 221 g/mol. The van der Waals surface area contributed by atoms with Crippen molar-refractivity contribution in [2.75, 3.05) is 6.61 Å². The summed E-state index contributed by atoms with van der Waals surface area (Å²) in [6.07, 6.45) is -4.03. The third-order valence-electron chi connectivity index (χ3n) is 2.05. The summed E-state index contributed by atoms with van der Waals surface area (Å²) in [5.74, 6) is -0.137. The average Bonchev–Trinajstić information content (AvgIpc) is 2.18. The van der Waals surface area contributed by atoms with Gasteiger partial charge in [0.2, 0.25) is 0 Å². The number of alkyl halides is 3. The van der Waals surface area contributed by atoms with E-state index in [-0.39, 0.29) is 18.3 Å². The molecular formula is C11H13F3O2. The van der Waals surface area contributed by atoms with E-state index in [9.17, 15) is 13.2 Å². The van der Waals surface area contributed by atoms with Crippen LogP contribution in [-0.4, -0.2) is 18.1 Å². The predicted octanol–water partition coefficient (Wildman–Crippen LogP) is 2.76. The lowest BCUT2D eigenvalue weighted by molar-refractivity contribution is -0.274. The van der Waals surface area contributed by atoms with Crippen LogP contribution in [-0.2, 0) is 6.42 Å². The number of hydrogen-bond acceptors (Lipinski definition) is 2. The first-order valence-corrected chi connectivity index (χ1v) is 4.86. The predicted molar refractivity (Wildman–Crippen MR) is 53.1 cm³/mol. The highest BCUT2D eigenvalue weighted by Crippen LogP contribution is 2.23. The molecule has 0 saturated carbocycles. The average molecular weight is 234 g/mol. The molecule has 1 atom stereocenters. The summed E-state index contributed by atoms with van der Waals surface area (Å²) in [6, 6.07) is 5.67. The minimum Gasteiger partial charge on any atom is -0.406 e. The Morgan fingerprint density at radius 2 is 1.81 bits per heavy atom. The molecule has 0 saturated heterocycles. The zero-order valence-electron chi connectivity index (χ0n) is 8.79. The molecule has 0 aromatic heterocycles. The fraction of sp³-hybridized carbons (Fsp3) is 0.455. The maximum atomic E-state index is 11.9. The van der Waals surface area contributed by atoms with Crippen molar-refractivity contribution < 1.29 is 23.0 Å². The van der Waals surface area contributed by atoms with Gasteiger partial charge in [0.25, 0.3) is 0 Å². The second-order valence-corrected chi connectivity index (χ2v) is 3.68. The number of halogens is 3. The molecule has 0 radical (unpaired) electrons. The van der Waals surface area contributed by atoms with Crippen LogP contribution in [0.25, 0.3) is 0 Å². The van der Waals surface area contributed by atoms with Crippen molar-refractivity contribution in [1.82, 2.24) is 0 Å². The minimum atomic E-state index is -4.65. The van der Waals surface area contributed by atoms with Gasteiger partial charge in [0.15, 0.2) is 0 Å². The Labute approximate surface area is 91.7 Å². The maximum absolute atomic E-state index is 11.9. The molecule has 0 aliphatic carbocycles. The molecule has 0 bridgehead atoms. The van der Waals surface area contributed by atoms with E-state index >= 15 is 0 Å². The zero-order chi connectivity index (χ0) is 12.2. The summed E-state index contributed by atoms with van der Waals surface area (Å²) in [7, 11) is 0. The standard InChI is InChI=1S/C11H13F3O2/c1-8(7-15)6-9-2-4-10(5-3-9)16-11(12,13)14/h2-5,8,15H,6-7H2,1H3. The van der Waals surface area contributed by atoms with E-state index in [1.807, 2.05) is 6.92 Å². The number of aliphatic hydroxyl groups is 1. The highest BCUT2D eigenvalue weighted by Gasteiger charge is 2.30. The second kappa shape index (κ2) is 5.21. The van der Waals surface area contributed by atoms with Crippen molar-refractivity contribution >= 4 is 0 Å². The van der Waals surface area contributed by atoms with E-state index in [2.05, 4.69) is 4.74 Å². The summed E-state index contributed by atoms with van der Waals surface area (Å²) in [6.45, 7) is 1.92. The molecule has 5 heteroatoms. The molecule has 0 heterocycles. The Morgan fingerprint density at radius 1 is 1.25 bits per heavy atom. The maximum Gasteiger partial charge on any atom is 0.573 e. The van der Waals surface area contributed by atoms with Gasteiger partial charge >= 0.3 is 6.36 Å². The number of aliphatic hydroxyl groups excluding tert-OH is 1. The van der Waals surface area contributed by atoms with Crippen LogP contribution in [0.5, 0.6) is 5.75 Å². The Bertz CT molecular complexity index is 319. The Kier molecular flexibility index (Phi) is 4.18. The lowest BCUT2D eigenvalue weighted by Gasteiger charge is -2.10. The third-order valence-corrected chi connectivity index (χ3v) is 2.05.